The van der Waals surface area contributed by atoms with Crippen LogP contribution in [-0.2, 0) is 14.8 Å². The zero-order valence-electron chi connectivity index (χ0n) is 17.1. The average molecular weight is 408 g/mol. The molecule has 0 spiro atoms. The second kappa shape index (κ2) is 9.27. The van der Waals surface area contributed by atoms with Crippen molar-refractivity contribution >= 4 is 27.3 Å². The Kier molecular flexibility index (Phi) is 6.99. The molecule has 1 saturated heterocycles. The number of hydrogen-bond donors (Lipinski definition) is 1. The third-order valence-corrected chi connectivity index (χ3v) is 8.03. The van der Waals surface area contributed by atoms with Crippen molar-refractivity contribution in [1.29, 1.82) is 0 Å². The molecule has 1 aliphatic carbocycles. The minimum atomic E-state index is -3.56. The molecule has 3 rings (SSSR count). The number of hydrogen-bond acceptors (Lipinski definition) is 4. The van der Waals surface area contributed by atoms with Crippen molar-refractivity contribution in [1.82, 2.24) is 4.31 Å². The van der Waals surface area contributed by atoms with Crippen LogP contribution in [0.4, 0.5) is 11.4 Å². The van der Waals surface area contributed by atoms with Crippen LogP contribution < -0.4 is 10.2 Å². The fraction of sp³-hybridized carbons (Fsp3) is 0.667. The summed E-state index contributed by atoms with van der Waals surface area (Å²) in [6, 6.07) is 5.18. The topological polar surface area (TPSA) is 69.7 Å². The summed E-state index contributed by atoms with van der Waals surface area (Å²) >= 11 is 0. The maximum Gasteiger partial charge on any atom is 0.243 e. The Hall–Kier alpha value is -1.60. The summed E-state index contributed by atoms with van der Waals surface area (Å²) in [5.41, 5.74) is 1.55. The molecule has 0 aromatic heterocycles. The molecule has 0 bridgehead atoms. The lowest BCUT2D eigenvalue weighted by Gasteiger charge is -2.24. The lowest BCUT2D eigenvalue weighted by atomic mass is 10.0. The van der Waals surface area contributed by atoms with Crippen molar-refractivity contribution in [3.8, 4) is 0 Å². The molecule has 0 radical (unpaired) electrons. The number of rotatable bonds is 8. The van der Waals surface area contributed by atoms with Crippen LogP contribution in [0.5, 0.6) is 0 Å². The minimum Gasteiger partial charge on any atom is -0.370 e. The molecule has 7 heteroatoms. The zero-order chi connectivity index (χ0) is 20.1. The zero-order valence-corrected chi connectivity index (χ0v) is 17.9. The number of anilines is 2. The molecule has 156 valence electrons. The Morgan fingerprint density at radius 2 is 1.75 bits per heavy atom. The monoisotopic (exact) mass is 407 g/mol. The van der Waals surface area contributed by atoms with Gasteiger partial charge in [0.05, 0.1) is 16.3 Å². The number of nitrogens with zero attached hydrogens (tertiary/aromatic N) is 2. The van der Waals surface area contributed by atoms with Crippen LogP contribution in [0, 0.1) is 5.92 Å². The van der Waals surface area contributed by atoms with Crippen molar-refractivity contribution in [2.24, 2.45) is 5.92 Å². The maximum atomic E-state index is 12.9. The average Bonchev–Trinajstić information content (AvgIpc) is 3.36. The van der Waals surface area contributed by atoms with Gasteiger partial charge in [0, 0.05) is 32.6 Å². The molecule has 1 aliphatic heterocycles. The van der Waals surface area contributed by atoms with Gasteiger partial charge in [-0.2, -0.15) is 4.31 Å². The van der Waals surface area contributed by atoms with Crippen LogP contribution in [-0.4, -0.2) is 44.8 Å². The van der Waals surface area contributed by atoms with E-state index in [4.69, 9.17) is 0 Å². The van der Waals surface area contributed by atoms with E-state index in [1.165, 1.54) is 17.1 Å². The van der Waals surface area contributed by atoms with Crippen molar-refractivity contribution in [3.05, 3.63) is 18.2 Å². The van der Waals surface area contributed by atoms with Gasteiger partial charge in [-0.1, -0.05) is 26.7 Å². The Bertz CT molecular complexity index is 778. The van der Waals surface area contributed by atoms with E-state index in [1.807, 2.05) is 19.9 Å². The van der Waals surface area contributed by atoms with Gasteiger partial charge in [-0.05, 0) is 49.8 Å². The Morgan fingerprint density at radius 1 is 1.11 bits per heavy atom. The fourth-order valence-electron chi connectivity index (χ4n) is 4.40. The summed E-state index contributed by atoms with van der Waals surface area (Å²) in [7, 11) is -3.56. The Balaban J connectivity index is 1.88. The van der Waals surface area contributed by atoms with E-state index in [0.29, 0.717) is 31.1 Å². The van der Waals surface area contributed by atoms with Gasteiger partial charge in [0.15, 0.2) is 0 Å². The first kappa shape index (κ1) is 21.1. The second-order valence-corrected chi connectivity index (χ2v) is 9.80. The van der Waals surface area contributed by atoms with E-state index in [2.05, 4.69) is 10.2 Å². The highest BCUT2D eigenvalue weighted by molar-refractivity contribution is 7.89. The van der Waals surface area contributed by atoms with Gasteiger partial charge in [-0.15, -0.1) is 0 Å². The van der Waals surface area contributed by atoms with E-state index in [0.717, 1.165) is 44.5 Å². The quantitative estimate of drug-likeness (QED) is 0.711. The molecule has 1 heterocycles. The fourth-order valence-corrected chi connectivity index (χ4v) is 5.88. The summed E-state index contributed by atoms with van der Waals surface area (Å²) in [5, 5.41) is 3.04. The number of amides is 1. The van der Waals surface area contributed by atoms with E-state index < -0.39 is 10.0 Å². The van der Waals surface area contributed by atoms with E-state index >= 15 is 0 Å². The Labute approximate surface area is 169 Å². The predicted octanol–water partition coefficient (Wildman–Crippen LogP) is 3.84. The SMILES string of the molecule is CCN(CC)S(=O)(=O)c1ccc(N2CCCC2)c(NC(=O)CC2CCCC2)c1. The van der Waals surface area contributed by atoms with Crippen LogP contribution in [0.3, 0.4) is 0 Å². The smallest absolute Gasteiger partial charge is 0.243 e. The molecule has 2 aliphatic rings. The third kappa shape index (κ3) is 4.69. The number of sulfonamides is 1. The van der Waals surface area contributed by atoms with Gasteiger partial charge >= 0.3 is 0 Å². The van der Waals surface area contributed by atoms with Crippen molar-refractivity contribution in [2.45, 2.75) is 63.7 Å². The molecule has 1 aromatic rings. The molecule has 0 unspecified atom stereocenters. The van der Waals surface area contributed by atoms with Crippen LogP contribution in [0.15, 0.2) is 23.1 Å². The largest absolute Gasteiger partial charge is 0.370 e. The van der Waals surface area contributed by atoms with Crippen LogP contribution in [0.25, 0.3) is 0 Å². The molecule has 2 fully saturated rings. The van der Waals surface area contributed by atoms with Gasteiger partial charge in [0.2, 0.25) is 15.9 Å². The first-order valence-corrected chi connectivity index (χ1v) is 12.1. The first-order chi connectivity index (χ1) is 13.5. The second-order valence-electron chi connectivity index (χ2n) is 7.87. The van der Waals surface area contributed by atoms with Gasteiger partial charge < -0.3 is 10.2 Å². The molecular weight excluding hydrogens is 374 g/mol. The summed E-state index contributed by atoms with van der Waals surface area (Å²) < 4.78 is 27.3. The lowest BCUT2D eigenvalue weighted by Crippen LogP contribution is -2.31. The van der Waals surface area contributed by atoms with Crippen LogP contribution in [0.1, 0.15) is 58.8 Å². The van der Waals surface area contributed by atoms with E-state index in [9.17, 15) is 13.2 Å². The van der Waals surface area contributed by atoms with Gasteiger partial charge in [-0.3, -0.25) is 4.79 Å². The van der Waals surface area contributed by atoms with Crippen molar-refractivity contribution in [2.75, 3.05) is 36.4 Å². The van der Waals surface area contributed by atoms with Gasteiger partial charge in [0.1, 0.15) is 0 Å². The highest BCUT2D eigenvalue weighted by atomic mass is 32.2. The first-order valence-electron chi connectivity index (χ1n) is 10.6. The van der Waals surface area contributed by atoms with Gasteiger partial charge in [0.25, 0.3) is 0 Å². The molecule has 1 amide bonds. The minimum absolute atomic E-state index is 0.00951. The Morgan fingerprint density at radius 3 is 2.36 bits per heavy atom. The summed E-state index contributed by atoms with van der Waals surface area (Å²) in [5.74, 6) is 0.447. The van der Waals surface area contributed by atoms with E-state index in [1.54, 1.807) is 12.1 Å². The van der Waals surface area contributed by atoms with Crippen molar-refractivity contribution in [3.63, 3.8) is 0 Å². The number of nitrogens with one attached hydrogen (secondary N) is 1. The molecule has 0 atom stereocenters. The molecular formula is C21H33N3O3S. The molecule has 1 N–H and O–H groups in total. The molecule has 1 aromatic carbocycles. The number of carbonyl (C=O) groups excluding carboxylic acids is 1. The van der Waals surface area contributed by atoms with Crippen molar-refractivity contribution < 1.29 is 13.2 Å². The van der Waals surface area contributed by atoms with Gasteiger partial charge in [-0.25, -0.2) is 8.42 Å². The van der Waals surface area contributed by atoms with E-state index in [-0.39, 0.29) is 10.8 Å². The predicted molar refractivity (Wildman–Crippen MR) is 113 cm³/mol. The summed E-state index contributed by atoms with van der Waals surface area (Å²) in [4.78, 5) is 15.1. The molecule has 6 nitrogen and oxygen atoms in total. The standard InChI is InChI=1S/C21H33N3O3S/c1-3-24(4-2)28(26,27)18-11-12-20(23-13-7-8-14-23)19(16-18)22-21(25)15-17-9-5-6-10-17/h11-12,16-17H,3-10,13-15H2,1-2H3,(H,22,25). The molecule has 1 saturated carbocycles. The summed E-state index contributed by atoms with van der Waals surface area (Å²) in [6.07, 6.45) is 7.39. The maximum absolute atomic E-state index is 12.9. The highest BCUT2D eigenvalue weighted by Crippen LogP contribution is 2.33. The lowest BCUT2D eigenvalue weighted by molar-refractivity contribution is -0.117. The molecule has 28 heavy (non-hydrogen) atoms. The van der Waals surface area contributed by atoms with Crippen LogP contribution in [0.2, 0.25) is 0 Å². The third-order valence-electron chi connectivity index (χ3n) is 5.98. The summed E-state index contributed by atoms with van der Waals surface area (Å²) in [6.45, 7) is 6.40. The normalized spacial score (nSPS) is 18.2. The van der Waals surface area contributed by atoms with Crippen LogP contribution >= 0.6 is 0 Å². The number of carbonyl (C=O) groups is 1. The highest BCUT2D eigenvalue weighted by Gasteiger charge is 2.25. The number of benzene rings is 1.